The Balaban J connectivity index is 1.93. The van der Waals surface area contributed by atoms with Crippen LogP contribution in [-0.2, 0) is 7.05 Å². The van der Waals surface area contributed by atoms with Crippen LogP contribution in [-0.4, -0.2) is 27.0 Å². The van der Waals surface area contributed by atoms with E-state index in [1.54, 1.807) is 0 Å². The second-order valence-electron chi connectivity index (χ2n) is 6.37. The predicted molar refractivity (Wildman–Crippen MR) is 76.9 cm³/mol. The molecule has 0 radical (unpaired) electrons. The fourth-order valence-electron chi connectivity index (χ4n) is 3.29. The molecule has 0 aliphatic heterocycles. The van der Waals surface area contributed by atoms with Crippen LogP contribution in [0.4, 0.5) is 0 Å². The Bertz CT molecular complexity index is 429. The molecule has 1 fully saturated rings. The van der Waals surface area contributed by atoms with Crippen molar-refractivity contribution in [2.75, 3.05) is 6.54 Å². The van der Waals surface area contributed by atoms with E-state index in [-0.39, 0.29) is 6.04 Å². The molecule has 0 saturated heterocycles. The summed E-state index contributed by atoms with van der Waals surface area (Å²) in [5.74, 6) is 0.635. The van der Waals surface area contributed by atoms with Crippen LogP contribution < -0.4 is 5.32 Å². The van der Waals surface area contributed by atoms with Crippen LogP contribution in [0.5, 0.6) is 0 Å². The molecule has 4 nitrogen and oxygen atoms in total. The number of nitrogens with zero attached hydrogens (tertiary/aromatic N) is 2. The molecule has 1 aromatic rings. The van der Waals surface area contributed by atoms with Crippen molar-refractivity contribution in [3.8, 4) is 0 Å². The van der Waals surface area contributed by atoms with Gasteiger partial charge in [-0.3, -0.25) is 4.68 Å². The van der Waals surface area contributed by atoms with Crippen molar-refractivity contribution in [3.63, 3.8) is 0 Å². The van der Waals surface area contributed by atoms with Crippen molar-refractivity contribution < 1.29 is 5.11 Å². The van der Waals surface area contributed by atoms with Crippen molar-refractivity contribution >= 4 is 0 Å². The summed E-state index contributed by atoms with van der Waals surface area (Å²) in [7, 11) is 1.94. The quantitative estimate of drug-likeness (QED) is 0.878. The lowest BCUT2D eigenvalue weighted by Gasteiger charge is -2.36. The fourth-order valence-corrected chi connectivity index (χ4v) is 3.29. The van der Waals surface area contributed by atoms with E-state index < -0.39 is 5.60 Å². The maximum Gasteiger partial charge on any atom is 0.0774 e. The molecule has 1 aromatic heterocycles. The van der Waals surface area contributed by atoms with E-state index >= 15 is 0 Å². The topological polar surface area (TPSA) is 50.1 Å². The molecule has 2 rings (SSSR count). The van der Waals surface area contributed by atoms with Crippen LogP contribution in [0, 0.1) is 12.8 Å². The number of hydrogen-bond acceptors (Lipinski definition) is 3. The second-order valence-corrected chi connectivity index (χ2v) is 6.37. The van der Waals surface area contributed by atoms with Crippen LogP contribution in [0.1, 0.15) is 56.8 Å². The Morgan fingerprint density at radius 1 is 1.63 bits per heavy atom. The number of nitrogens with one attached hydrogen (secondary N) is 1. The highest BCUT2D eigenvalue weighted by Gasteiger charge is 2.32. The smallest absolute Gasteiger partial charge is 0.0774 e. The van der Waals surface area contributed by atoms with E-state index in [0.717, 1.165) is 25.0 Å². The van der Waals surface area contributed by atoms with Gasteiger partial charge in [-0.2, -0.15) is 5.10 Å². The molecule has 4 heteroatoms. The molecule has 1 aliphatic rings. The third-order valence-electron chi connectivity index (χ3n) is 4.32. The molecule has 0 spiro atoms. The zero-order chi connectivity index (χ0) is 14.0. The third kappa shape index (κ3) is 3.57. The van der Waals surface area contributed by atoms with E-state index in [9.17, 15) is 5.11 Å². The molecule has 3 atom stereocenters. The lowest BCUT2D eigenvalue weighted by Crippen LogP contribution is -2.44. The molecule has 1 aliphatic carbocycles. The first kappa shape index (κ1) is 14.5. The molecule has 0 aromatic carbocycles. The summed E-state index contributed by atoms with van der Waals surface area (Å²) < 4.78 is 1.85. The molecular formula is C15H27N3O. The molecule has 19 heavy (non-hydrogen) atoms. The summed E-state index contributed by atoms with van der Waals surface area (Å²) in [6.45, 7) is 7.08. The Morgan fingerprint density at radius 3 is 2.95 bits per heavy atom. The standard InChI is InChI=1S/C15H27N3O/c1-11-6-5-7-15(19,8-11)10-16-12(2)14-9-18(4)17-13(14)3/h9,11-12,16,19H,5-8,10H2,1-4H3. The van der Waals surface area contributed by atoms with Crippen LogP contribution in [0.3, 0.4) is 0 Å². The van der Waals surface area contributed by atoms with Crippen molar-refractivity contribution in [1.82, 2.24) is 15.1 Å². The summed E-state index contributed by atoms with van der Waals surface area (Å²) in [5.41, 5.74) is 1.75. The van der Waals surface area contributed by atoms with Gasteiger partial charge in [-0.1, -0.05) is 19.8 Å². The molecule has 1 saturated carbocycles. The molecule has 2 N–H and O–H groups in total. The predicted octanol–water partition coefficient (Wildman–Crippen LogP) is 2.32. The van der Waals surface area contributed by atoms with Gasteiger partial charge in [0.15, 0.2) is 0 Å². The van der Waals surface area contributed by atoms with Crippen molar-refractivity contribution in [3.05, 3.63) is 17.5 Å². The van der Waals surface area contributed by atoms with Crippen molar-refractivity contribution in [1.29, 1.82) is 0 Å². The summed E-state index contributed by atoms with van der Waals surface area (Å²) in [6.07, 6.45) is 6.28. The molecular weight excluding hydrogens is 238 g/mol. The van der Waals surface area contributed by atoms with E-state index in [2.05, 4.69) is 30.5 Å². The van der Waals surface area contributed by atoms with Crippen molar-refractivity contribution in [2.24, 2.45) is 13.0 Å². The monoisotopic (exact) mass is 265 g/mol. The zero-order valence-electron chi connectivity index (χ0n) is 12.6. The lowest BCUT2D eigenvalue weighted by atomic mass is 9.79. The van der Waals surface area contributed by atoms with Crippen LogP contribution in [0.2, 0.25) is 0 Å². The average molecular weight is 265 g/mol. The van der Waals surface area contributed by atoms with Gasteiger partial charge in [0.25, 0.3) is 0 Å². The summed E-state index contributed by atoms with van der Waals surface area (Å²) >= 11 is 0. The largest absolute Gasteiger partial charge is 0.389 e. The maximum atomic E-state index is 10.6. The van der Waals surface area contributed by atoms with E-state index in [4.69, 9.17) is 0 Å². The van der Waals surface area contributed by atoms with Crippen LogP contribution >= 0.6 is 0 Å². The van der Waals surface area contributed by atoms with E-state index in [0.29, 0.717) is 12.5 Å². The normalized spacial score (nSPS) is 29.4. The molecule has 0 bridgehead atoms. The Labute approximate surface area is 116 Å². The van der Waals surface area contributed by atoms with E-state index in [1.807, 2.05) is 18.7 Å². The zero-order valence-corrected chi connectivity index (χ0v) is 12.6. The van der Waals surface area contributed by atoms with Gasteiger partial charge < -0.3 is 10.4 Å². The molecule has 1 heterocycles. The minimum atomic E-state index is -0.526. The second kappa shape index (κ2) is 5.63. The van der Waals surface area contributed by atoms with Crippen molar-refractivity contribution in [2.45, 2.75) is 58.1 Å². The third-order valence-corrected chi connectivity index (χ3v) is 4.32. The van der Waals surface area contributed by atoms with Gasteiger partial charge in [0.2, 0.25) is 0 Å². The van der Waals surface area contributed by atoms with Gasteiger partial charge in [-0.15, -0.1) is 0 Å². The first-order valence-electron chi connectivity index (χ1n) is 7.35. The molecule has 108 valence electrons. The summed E-state index contributed by atoms with van der Waals surface area (Å²) in [4.78, 5) is 0. The van der Waals surface area contributed by atoms with Gasteiger partial charge in [-0.05, 0) is 32.6 Å². The average Bonchev–Trinajstić information content (AvgIpc) is 2.65. The maximum absolute atomic E-state index is 10.6. The van der Waals surface area contributed by atoms with Gasteiger partial charge >= 0.3 is 0 Å². The van der Waals surface area contributed by atoms with Gasteiger partial charge in [0, 0.05) is 31.4 Å². The lowest BCUT2D eigenvalue weighted by molar-refractivity contribution is -0.0134. The summed E-state index contributed by atoms with van der Waals surface area (Å²) in [6, 6.07) is 0.231. The Morgan fingerprint density at radius 2 is 2.37 bits per heavy atom. The van der Waals surface area contributed by atoms with Gasteiger partial charge in [-0.25, -0.2) is 0 Å². The first-order chi connectivity index (χ1) is 8.89. The van der Waals surface area contributed by atoms with Crippen LogP contribution in [0.25, 0.3) is 0 Å². The van der Waals surface area contributed by atoms with Crippen LogP contribution in [0.15, 0.2) is 6.20 Å². The Hall–Kier alpha value is -0.870. The Kier molecular flexibility index (Phi) is 4.31. The number of aryl methyl sites for hydroxylation is 2. The molecule has 3 unspecified atom stereocenters. The van der Waals surface area contributed by atoms with Gasteiger partial charge in [0.1, 0.15) is 0 Å². The number of rotatable bonds is 4. The SMILES string of the molecule is Cc1nn(C)cc1C(C)NCC1(O)CCCC(C)C1. The fraction of sp³-hybridized carbons (Fsp3) is 0.800. The first-order valence-corrected chi connectivity index (χ1v) is 7.35. The van der Waals surface area contributed by atoms with E-state index in [1.165, 1.54) is 12.0 Å². The minimum Gasteiger partial charge on any atom is -0.389 e. The number of aromatic nitrogens is 2. The van der Waals surface area contributed by atoms with Gasteiger partial charge in [0.05, 0.1) is 11.3 Å². The molecule has 0 amide bonds. The highest BCUT2D eigenvalue weighted by molar-refractivity contribution is 5.19. The number of aliphatic hydroxyl groups is 1. The highest BCUT2D eigenvalue weighted by atomic mass is 16.3. The number of hydrogen-bond donors (Lipinski definition) is 2. The minimum absolute atomic E-state index is 0.231. The highest BCUT2D eigenvalue weighted by Crippen LogP contribution is 2.32. The summed E-state index contributed by atoms with van der Waals surface area (Å²) in [5, 5.41) is 18.5.